The molecule has 0 radical (unpaired) electrons. The van der Waals surface area contributed by atoms with Gasteiger partial charge in [-0.05, 0) is 24.5 Å². The molecule has 1 N–H and O–H groups in total. The zero-order valence-corrected chi connectivity index (χ0v) is 13.7. The number of carbonyl (C=O) groups is 1. The Morgan fingerprint density at radius 3 is 2.65 bits per heavy atom. The van der Waals surface area contributed by atoms with Gasteiger partial charge < -0.3 is 19.3 Å². The molecule has 23 heavy (non-hydrogen) atoms. The molecular formula is C15H16N2O5S. The van der Waals surface area contributed by atoms with Crippen LogP contribution in [0.2, 0.25) is 0 Å². The van der Waals surface area contributed by atoms with Gasteiger partial charge in [-0.25, -0.2) is 4.79 Å². The van der Waals surface area contributed by atoms with Gasteiger partial charge in [-0.1, -0.05) is 0 Å². The van der Waals surface area contributed by atoms with Crippen LogP contribution in [-0.2, 0) is 11.3 Å². The summed E-state index contributed by atoms with van der Waals surface area (Å²) in [6.07, 6.45) is 1.88. The third-order valence-corrected chi connectivity index (χ3v) is 3.63. The molecular weight excluding hydrogens is 320 g/mol. The third-order valence-electron chi connectivity index (χ3n) is 2.90. The van der Waals surface area contributed by atoms with Gasteiger partial charge in [0.2, 0.25) is 5.88 Å². The van der Waals surface area contributed by atoms with Crippen LogP contribution in [0.1, 0.15) is 16.1 Å². The minimum absolute atomic E-state index is 0.100. The molecule has 0 bridgehead atoms. The van der Waals surface area contributed by atoms with Gasteiger partial charge in [0.15, 0.2) is 0 Å². The first-order valence-electron chi connectivity index (χ1n) is 6.57. The van der Waals surface area contributed by atoms with Gasteiger partial charge in [0, 0.05) is 11.0 Å². The second-order valence-corrected chi connectivity index (χ2v) is 5.23. The molecule has 1 heterocycles. The van der Waals surface area contributed by atoms with Gasteiger partial charge in [0.25, 0.3) is 0 Å². The first kappa shape index (κ1) is 16.9. The van der Waals surface area contributed by atoms with E-state index in [-0.39, 0.29) is 23.9 Å². The summed E-state index contributed by atoms with van der Waals surface area (Å²) in [5.41, 5.74) is 0.521. The largest absolute Gasteiger partial charge is 0.507 e. The monoisotopic (exact) mass is 336 g/mol. The van der Waals surface area contributed by atoms with E-state index in [9.17, 15) is 9.90 Å². The lowest BCUT2D eigenvalue weighted by Crippen LogP contribution is -2.08. The molecule has 0 spiro atoms. The Bertz CT molecular complexity index is 686. The van der Waals surface area contributed by atoms with E-state index >= 15 is 0 Å². The molecule has 0 atom stereocenters. The SMILES string of the molecule is COc1cc(COC(=O)c2cc(SC)ccc2O)nc(OC)n1. The summed E-state index contributed by atoms with van der Waals surface area (Å²) in [7, 11) is 2.89. The van der Waals surface area contributed by atoms with Crippen LogP contribution in [-0.4, -0.2) is 41.5 Å². The van der Waals surface area contributed by atoms with Gasteiger partial charge in [0.05, 0.1) is 19.9 Å². The van der Waals surface area contributed by atoms with Gasteiger partial charge >= 0.3 is 12.0 Å². The zero-order chi connectivity index (χ0) is 16.8. The second kappa shape index (κ2) is 7.68. The molecule has 0 unspecified atom stereocenters. The Hall–Kier alpha value is -2.48. The number of esters is 1. The van der Waals surface area contributed by atoms with Crippen LogP contribution in [0.25, 0.3) is 0 Å². The number of hydrogen-bond donors (Lipinski definition) is 1. The van der Waals surface area contributed by atoms with Crippen LogP contribution >= 0.6 is 11.8 Å². The second-order valence-electron chi connectivity index (χ2n) is 4.35. The van der Waals surface area contributed by atoms with Crippen LogP contribution in [0.4, 0.5) is 0 Å². The van der Waals surface area contributed by atoms with Crippen molar-refractivity contribution in [3.63, 3.8) is 0 Å². The summed E-state index contributed by atoms with van der Waals surface area (Å²) in [4.78, 5) is 21.0. The van der Waals surface area contributed by atoms with E-state index in [1.165, 1.54) is 38.1 Å². The van der Waals surface area contributed by atoms with Gasteiger partial charge in [-0.15, -0.1) is 11.8 Å². The fraction of sp³-hybridized carbons (Fsp3) is 0.267. The number of carbonyl (C=O) groups excluding carboxylic acids is 1. The number of methoxy groups -OCH3 is 2. The first-order valence-corrected chi connectivity index (χ1v) is 7.80. The predicted octanol–water partition coefficient (Wildman–Crippen LogP) is 2.28. The average molecular weight is 336 g/mol. The lowest BCUT2D eigenvalue weighted by molar-refractivity contribution is 0.0462. The van der Waals surface area contributed by atoms with Crippen molar-refractivity contribution in [1.82, 2.24) is 9.97 Å². The average Bonchev–Trinajstić information content (AvgIpc) is 2.59. The normalized spacial score (nSPS) is 10.2. The van der Waals surface area contributed by atoms with E-state index in [2.05, 4.69) is 9.97 Å². The molecule has 0 fully saturated rings. The van der Waals surface area contributed by atoms with Crippen LogP contribution < -0.4 is 9.47 Å². The van der Waals surface area contributed by atoms with Gasteiger partial charge in [-0.3, -0.25) is 0 Å². The lowest BCUT2D eigenvalue weighted by Gasteiger charge is -2.09. The summed E-state index contributed by atoms with van der Waals surface area (Å²) < 4.78 is 15.2. The van der Waals surface area contributed by atoms with Gasteiger partial charge in [0.1, 0.15) is 17.9 Å². The fourth-order valence-corrected chi connectivity index (χ4v) is 2.18. The number of nitrogens with zero attached hydrogens (tertiary/aromatic N) is 2. The Morgan fingerprint density at radius 2 is 2.00 bits per heavy atom. The summed E-state index contributed by atoms with van der Waals surface area (Å²) in [6, 6.07) is 6.40. The first-order chi connectivity index (χ1) is 11.1. The maximum Gasteiger partial charge on any atom is 0.342 e. The number of ether oxygens (including phenoxy) is 3. The van der Waals surface area contributed by atoms with Crippen molar-refractivity contribution in [3.8, 4) is 17.6 Å². The molecule has 0 aliphatic heterocycles. The molecule has 122 valence electrons. The lowest BCUT2D eigenvalue weighted by atomic mass is 10.2. The van der Waals surface area contributed by atoms with Crippen molar-refractivity contribution in [2.45, 2.75) is 11.5 Å². The summed E-state index contributed by atoms with van der Waals surface area (Å²) >= 11 is 1.46. The number of phenols is 1. The van der Waals surface area contributed by atoms with E-state index in [4.69, 9.17) is 14.2 Å². The van der Waals surface area contributed by atoms with Crippen LogP contribution in [0.15, 0.2) is 29.2 Å². The molecule has 0 aliphatic rings. The van der Waals surface area contributed by atoms with Crippen LogP contribution in [0, 0.1) is 0 Å². The molecule has 0 aliphatic carbocycles. The Morgan fingerprint density at radius 1 is 1.22 bits per heavy atom. The number of thioether (sulfide) groups is 1. The van der Waals surface area contributed by atoms with Gasteiger partial charge in [-0.2, -0.15) is 9.97 Å². The van der Waals surface area contributed by atoms with Crippen molar-refractivity contribution in [2.75, 3.05) is 20.5 Å². The molecule has 1 aromatic carbocycles. The highest BCUT2D eigenvalue weighted by molar-refractivity contribution is 7.98. The van der Waals surface area contributed by atoms with E-state index in [1.54, 1.807) is 12.1 Å². The fourth-order valence-electron chi connectivity index (χ4n) is 1.74. The highest BCUT2D eigenvalue weighted by atomic mass is 32.2. The number of aromatic nitrogens is 2. The number of aromatic hydroxyl groups is 1. The topological polar surface area (TPSA) is 90.8 Å². The third kappa shape index (κ3) is 4.26. The molecule has 0 saturated heterocycles. The van der Waals surface area contributed by atoms with Crippen molar-refractivity contribution in [3.05, 3.63) is 35.5 Å². The number of benzene rings is 1. The van der Waals surface area contributed by atoms with Crippen molar-refractivity contribution in [1.29, 1.82) is 0 Å². The number of phenolic OH excluding ortho intramolecular Hbond substituents is 1. The maximum absolute atomic E-state index is 12.1. The van der Waals surface area contributed by atoms with Crippen molar-refractivity contribution >= 4 is 17.7 Å². The van der Waals surface area contributed by atoms with E-state index in [1.807, 2.05) is 6.26 Å². The highest BCUT2D eigenvalue weighted by Gasteiger charge is 2.15. The predicted molar refractivity (Wildman–Crippen MR) is 84.1 cm³/mol. The van der Waals surface area contributed by atoms with Crippen LogP contribution in [0.5, 0.6) is 17.6 Å². The molecule has 7 nitrogen and oxygen atoms in total. The van der Waals surface area contributed by atoms with E-state index < -0.39 is 5.97 Å². The van der Waals surface area contributed by atoms with Crippen LogP contribution in [0.3, 0.4) is 0 Å². The highest BCUT2D eigenvalue weighted by Crippen LogP contribution is 2.25. The Kier molecular flexibility index (Phi) is 5.64. The van der Waals surface area contributed by atoms with E-state index in [0.717, 1.165) is 4.90 Å². The standard InChI is InChI=1S/C15H16N2O5S/c1-20-13-6-9(16-15(17-13)21-2)8-22-14(19)11-7-10(23-3)4-5-12(11)18/h4-7,18H,8H2,1-3H3. The zero-order valence-electron chi connectivity index (χ0n) is 12.9. The number of hydrogen-bond acceptors (Lipinski definition) is 8. The van der Waals surface area contributed by atoms with Crippen molar-refractivity contribution < 1.29 is 24.1 Å². The molecule has 2 aromatic rings. The Labute approximate surface area is 137 Å². The smallest absolute Gasteiger partial charge is 0.342 e. The summed E-state index contributed by atoms with van der Waals surface area (Å²) in [5.74, 6) is -0.476. The molecule has 0 amide bonds. The summed E-state index contributed by atoms with van der Waals surface area (Å²) in [6.45, 7) is -0.100. The molecule has 1 aromatic heterocycles. The molecule has 0 saturated carbocycles. The number of rotatable bonds is 6. The molecule has 8 heteroatoms. The molecule has 2 rings (SSSR count). The van der Waals surface area contributed by atoms with E-state index in [0.29, 0.717) is 11.6 Å². The summed E-state index contributed by atoms with van der Waals surface area (Å²) in [5, 5.41) is 9.79. The van der Waals surface area contributed by atoms with Crippen molar-refractivity contribution in [2.24, 2.45) is 0 Å². The quantitative estimate of drug-likeness (QED) is 0.634. The minimum Gasteiger partial charge on any atom is -0.507 e. The Balaban J connectivity index is 2.13. The maximum atomic E-state index is 12.1. The minimum atomic E-state index is -0.644.